The van der Waals surface area contributed by atoms with E-state index in [4.69, 9.17) is 5.11 Å². The van der Waals surface area contributed by atoms with E-state index in [-0.39, 0.29) is 5.69 Å². The first kappa shape index (κ1) is 13.1. The van der Waals surface area contributed by atoms with E-state index in [1.54, 1.807) is 18.3 Å². The lowest BCUT2D eigenvalue weighted by Crippen LogP contribution is -2.07. The van der Waals surface area contributed by atoms with Crippen LogP contribution in [0.3, 0.4) is 0 Å². The number of carboxylic acid groups (broad SMARTS) is 1. The first-order valence-electron chi connectivity index (χ1n) is 6.50. The number of carboxylic acids is 1. The van der Waals surface area contributed by atoms with Gasteiger partial charge in [-0.1, -0.05) is 36.4 Å². The summed E-state index contributed by atoms with van der Waals surface area (Å²) in [5.41, 5.74) is 1.75. The van der Waals surface area contributed by atoms with Crippen LogP contribution in [0.1, 0.15) is 16.2 Å². The van der Waals surface area contributed by atoms with Crippen molar-refractivity contribution >= 4 is 5.97 Å². The summed E-state index contributed by atoms with van der Waals surface area (Å²) in [6.07, 6.45) is 3.58. The Balaban J connectivity index is 1.92. The number of nitrogens with zero attached hydrogens (tertiary/aromatic N) is 3. The van der Waals surface area contributed by atoms with Gasteiger partial charge in [0.25, 0.3) is 0 Å². The second kappa shape index (κ2) is 5.58. The van der Waals surface area contributed by atoms with E-state index in [0.29, 0.717) is 12.2 Å². The maximum atomic E-state index is 11.0. The highest BCUT2D eigenvalue weighted by Gasteiger charge is 2.09. The Hall–Kier alpha value is -2.95. The predicted octanol–water partition coefficient (Wildman–Crippen LogP) is 2.69. The SMILES string of the molecule is O=C(O)c1cccc(Cn2ccnc2-c2ccccc2)n1. The molecule has 0 saturated heterocycles. The van der Waals surface area contributed by atoms with Crippen molar-refractivity contribution in [2.45, 2.75) is 6.54 Å². The minimum Gasteiger partial charge on any atom is -0.477 e. The Kier molecular flexibility index (Phi) is 3.47. The van der Waals surface area contributed by atoms with Gasteiger partial charge in [-0.3, -0.25) is 0 Å². The molecule has 0 unspecified atom stereocenters. The summed E-state index contributed by atoms with van der Waals surface area (Å²) in [6.45, 7) is 0.478. The number of rotatable bonds is 4. The molecule has 21 heavy (non-hydrogen) atoms. The van der Waals surface area contributed by atoms with Crippen LogP contribution in [0.25, 0.3) is 11.4 Å². The minimum atomic E-state index is -1.02. The molecule has 0 fully saturated rings. The van der Waals surface area contributed by atoms with Crippen molar-refractivity contribution in [2.24, 2.45) is 0 Å². The number of carbonyl (C=O) groups is 1. The van der Waals surface area contributed by atoms with Crippen LogP contribution in [-0.2, 0) is 6.54 Å². The average molecular weight is 279 g/mol. The summed E-state index contributed by atoms with van der Waals surface area (Å²) in [5.74, 6) is -0.191. The molecule has 104 valence electrons. The van der Waals surface area contributed by atoms with Gasteiger partial charge in [-0.25, -0.2) is 14.8 Å². The summed E-state index contributed by atoms with van der Waals surface area (Å²) >= 11 is 0. The Bertz CT molecular complexity index is 766. The lowest BCUT2D eigenvalue weighted by atomic mass is 10.2. The molecule has 1 aromatic carbocycles. The first-order chi connectivity index (χ1) is 10.2. The molecule has 0 radical (unpaired) electrons. The summed E-state index contributed by atoms with van der Waals surface area (Å²) in [7, 11) is 0. The maximum absolute atomic E-state index is 11.0. The van der Waals surface area contributed by atoms with Crippen molar-refractivity contribution in [1.29, 1.82) is 0 Å². The van der Waals surface area contributed by atoms with Crippen molar-refractivity contribution in [3.8, 4) is 11.4 Å². The van der Waals surface area contributed by atoms with Gasteiger partial charge in [0.05, 0.1) is 12.2 Å². The quantitative estimate of drug-likeness (QED) is 0.797. The van der Waals surface area contributed by atoms with E-state index in [0.717, 1.165) is 11.4 Å². The highest BCUT2D eigenvalue weighted by atomic mass is 16.4. The number of imidazole rings is 1. The third kappa shape index (κ3) is 2.81. The van der Waals surface area contributed by atoms with Crippen LogP contribution in [-0.4, -0.2) is 25.6 Å². The zero-order chi connectivity index (χ0) is 14.7. The molecule has 3 aromatic rings. The maximum Gasteiger partial charge on any atom is 0.354 e. The van der Waals surface area contributed by atoms with Crippen LogP contribution in [0.4, 0.5) is 0 Å². The van der Waals surface area contributed by atoms with Crippen LogP contribution in [0, 0.1) is 0 Å². The van der Waals surface area contributed by atoms with Crippen LogP contribution in [0.2, 0.25) is 0 Å². The van der Waals surface area contributed by atoms with Crippen molar-refractivity contribution in [2.75, 3.05) is 0 Å². The molecule has 0 amide bonds. The Morgan fingerprint density at radius 3 is 2.67 bits per heavy atom. The van der Waals surface area contributed by atoms with Gasteiger partial charge in [-0.15, -0.1) is 0 Å². The van der Waals surface area contributed by atoms with Gasteiger partial charge >= 0.3 is 5.97 Å². The van der Waals surface area contributed by atoms with Crippen LogP contribution in [0.15, 0.2) is 60.9 Å². The summed E-state index contributed by atoms with van der Waals surface area (Å²) in [5, 5.41) is 8.99. The molecule has 0 saturated carbocycles. The molecule has 5 heteroatoms. The second-order valence-electron chi connectivity index (χ2n) is 4.56. The Morgan fingerprint density at radius 2 is 1.90 bits per heavy atom. The third-order valence-corrected chi connectivity index (χ3v) is 3.11. The molecule has 0 atom stereocenters. The highest BCUT2D eigenvalue weighted by Crippen LogP contribution is 2.17. The normalized spacial score (nSPS) is 10.5. The van der Waals surface area contributed by atoms with E-state index >= 15 is 0 Å². The predicted molar refractivity (Wildman–Crippen MR) is 78.0 cm³/mol. The smallest absolute Gasteiger partial charge is 0.354 e. The topological polar surface area (TPSA) is 68.0 Å². The number of aromatic carboxylic acids is 1. The van der Waals surface area contributed by atoms with Crippen molar-refractivity contribution < 1.29 is 9.90 Å². The highest BCUT2D eigenvalue weighted by molar-refractivity contribution is 5.85. The number of hydrogen-bond donors (Lipinski definition) is 1. The van der Waals surface area contributed by atoms with E-state index in [9.17, 15) is 4.79 Å². The fraction of sp³-hybridized carbons (Fsp3) is 0.0625. The molecule has 5 nitrogen and oxygen atoms in total. The third-order valence-electron chi connectivity index (χ3n) is 3.11. The molecule has 0 spiro atoms. The van der Waals surface area contributed by atoms with E-state index in [2.05, 4.69) is 9.97 Å². The molecular weight excluding hydrogens is 266 g/mol. The summed E-state index contributed by atoms with van der Waals surface area (Å²) in [4.78, 5) is 19.5. The molecule has 1 N–H and O–H groups in total. The molecule has 0 aliphatic carbocycles. The molecule has 2 heterocycles. The molecule has 2 aromatic heterocycles. The van der Waals surface area contributed by atoms with E-state index in [1.807, 2.05) is 41.1 Å². The molecule has 0 aliphatic rings. The van der Waals surface area contributed by atoms with Gasteiger partial charge < -0.3 is 9.67 Å². The largest absolute Gasteiger partial charge is 0.477 e. The van der Waals surface area contributed by atoms with Gasteiger partial charge in [0, 0.05) is 18.0 Å². The van der Waals surface area contributed by atoms with Gasteiger partial charge in [0.1, 0.15) is 11.5 Å². The fourth-order valence-corrected chi connectivity index (χ4v) is 2.15. The van der Waals surface area contributed by atoms with E-state index < -0.39 is 5.97 Å². The number of pyridine rings is 1. The standard InChI is InChI=1S/C16H13N3O2/c20-16(21)14-8-4-7-13(18-14)11-19-10-9-17-15(19)12-5-2-1-3-6-12/h1-10H,11H2,(H,20,21). The zero-order valence-corrected chi connectivity index (χ0v) is 11.2. The van der Waals surface area contributed by atoms with Gasteiger partial charge in [-0.2, -0.15) is 0 Å². The lowest BCUT2D eigenvalue weighted by molar-refractivity contribution is 0.0690. The molecule has 0 aliphatic heterocycles. The van der Waals surface area contributed by atoms with Crippen LogP contribution >= 0.6 is 0 Å². The number of aromatic nitrogens is 3. The molecule has 0 bridgehead atoms. The van der Waals surface area contributed by atoms with Gasteiger partial charge in [-0.05, 0) is 12.1 Å². The summed E-state index contributed by atoms with van der Waals surface area (Å²) in [6, 6.07) is 14.8. The minimum absolute atomic E-state index is 0.0499. The average Bonchev–Trinajstić information content (AvgIpc) is 2.96. The summed E-state index contributed by atoms with van der Waals surface area (Å²) < 4.78 is 1.95. The zero-order valence-electron chi connectivity index (χ0n) is 11.2. The monoisotopic (exact) mass is 279 g/mol. The lowest BCUT2D eigenvalue weighted by Gasteiger charge is -2.08. The van der Waals surface area contributed by atoms with Crippen molar-refractivity contribution in [1.82, 2.24) is 14.5 Å². The Morgan fingerprint density at radius 1 is 1.10 bits per heavy atom. The molecular formula is C16H13N3O2. The fourth-order valence-electron chi connectivity index (χ4n) is 2.15. The van der Waals surface area contributed by atoms with Gasteiger partial charge in [0.2, 0.25) is 0 Å². The Labute approximate surface area is 121 Å². The van der Waals surface area contributed by atoms with Crippen LogP contribution in [0.5, 0.6) is 0 Å². The second-order valence-corrected chi connectivity index (χ2v) is 4.56. The van der Waals surface area contributed by atoms with Crippen LogP contribution < -0.4 is 0 Å². The molecule has 3 rings (SSSR count). The van der Waals surface area contributed by atoms with Crippen molar-refractivity contribution in [3.63, 3.8) is 0 Å². The van der Waals surface area contributed by atoms with Crippen molar-refractivity contribution in [3.05, 3.63) is 72.3 Å². The first-order valence-corrected chi connectivity index (χ1v) is 6.50. The van der Waals surface area contributed by atoms with E-state index in [1.165, 1.54) is 6.07 Å². The number of hydrogen-bond acceptors (Lipinski definition) is 3. The number of benzene rings is 1. The van der Waals surface area contributed by atoms with Gasteiger partial charge in [0.15, 0.2) is 0 Å².